The molecule has 0 bridgehead atoms. The molecular formula is C24H19ClN4O4. The first kappa shape index (κ1) is 20.8. The maximum atomic E-state index is 12.9. The van der Waals surface area contributed by atoms with E-state index in [1.54, 1.807) is 42.5 Å². The number of nitrogens with zero attached hydrogens (tertiary/aromatic N) is 2. The number of hydrogen-bond acceptors (Lipinski definition) is 6. The van der Waals surface area contributed by atoms with Gasteiger partial charge in [0, 0.05) is 22.3 Å². The Morgan fingerprint density at radius 2 is 1.67 bits per heavy atom. The van der Waals surface area contributed by atoms with Gasteiger partial charge in [-0.1, -0.05) is 41.9 Å². The number of aromatic nitrogens is 2. The van der Waals surface area contributed by atoms with Crippen molar-refractivity contribution in [1.29, 1.82) is 0 Å². The van der Waals surface area contributed by atoms with Gasteiger partial charge in [0.2, 0.25) is 11.8 Å². The molecule has 0 fully saturated rings. The van der Waals surface area contributed by atoms with Crippen molar-refractivity contribution in [3.8, 4) is 23.0 Å². The Hall–Kier alpha value is -4.04. The van der Waals surface area contributed by atoms with Gasteiger partial charge in [-0.05, 0) is 42.0 Å². The molecule has 1 aliphatic heterocycles. The minimum Gasteiger partial charge on any atom is -0.486 e. The van der Waals surface area contributed by atoms with Crippen LogP contribution >= 0.6 is 11.6 Å². The van der Waals surface area contributed by atoms with E-state index in [0.717, 1.165) is 11.1 Å². The van der Waals surface area contributed by atoms with Gasteiger partial charge in [-0.3, -0.25) is 0 Å². The molecule has 2 N–H and O–H groups in total. The van der Waals surface area contributed by atoms with Crippen LogP contribution in [0.4, 0.5) is 10.5 Å². The van der Waals surface area contributed by atoms with E-state index < -0.39 is 12.1 Å². The summed E-state index contributed by atoms with van der Waals surface area (Å²) in [6.07, 6.45) is 0. The van der Waals surface area contributed by atoms with E-state index in [1.807, 2.05) is 30.3 Å². The molecule has 0 unspecified atom stereocenters. The van der Waals surface area contributed by atoms with Crippen molar-refractivity contribution >= 4 is 23.3 Å². The SMILES string of the molecule is O=C(Nc1ccc2c(c1)OCCO2)N[C@H](c1ccccc1)c1nnc(-c2ccc(Cl)cc2)o1. The first-order valence-electron chi connectivity index (χ1n) is 10.3. The average molecular weight is 463 g/mol. The van der Waals surface area contributed by atoms with E-state index in [-0.39, 0.29) is 5.89 Å². The highest BCUT2D eigenvalue weighted by atomic mass is 35.5. The highest BCUT2D eigenvalue weighted by Gasteiger charge is 2.24. The molecule has 0 radical (unpaired) electrons. The van der Waals surface area contributed by atoms with Gasteiger partial charge >= 0.3 is 6.03 Å². The second kappa shape index (κ2) is 9.22. The lowest BCUT2D eigenvalue weighted by Crippen LogP contribution is -2.33. The molecule has 0 aliphatic carbocycles. The van der Waals surface area contributed by atoms with Gasteiger partial charge in [-0.2, -0.15) is 0 Å². The fraction of sp³-hybridized carbons (Fsp3) is 0.125. The van der Waals surface area contributed by atoms with Crippen LogP contribution in [0.5, 0.6) is 11.5 Å². The normalized spacial score (nSPS) is 13.2. The number of anilines is 1. The Morgan fingerprint density at radius 1 is 0.909 bits per heavy atom. The summed E-state index contributed by atoms with van der Waals surface area (Å²) in [7, 11) is 0. The largest absolute Gasteiger partial charge is 0.486 e. The molecule has 2 heterocycles. The number of carbonyl (C=O) groups is 1. The third-order valence-corrected chi connectivity index (χ3v) is 5.24. The number of carbonyl (C=O) groups excluding carboxylic acids is 1. The third-order valence-electron chi connectivity index (χ3n) is 4.99. The minimum absolute atomic E-state index is 0.253. The molecule has 0 saturated heterocycles. The molecule has 8 nitrogen and oxygen atoms in total. The van der Waals surface area contributed by atoms with Crippen molar-refractivity contribution in [2.45, 2.75) is 6.04 Å². The van der Waals surface area contributed by atoms with Gasteiger partial charge in [0.1, 0.15) is 19.3 Å². The van der Waals surface area contributed by atoms with Crippen LogP contribution in [0.2, 0.25) is 5.02 Å². The maximum absolute atomic E-state index is 12.9. The minimum atomic E-state index is -0.656. The molecule has 0 spiro atoms. The standard InChI is InChI=1S/C24H19ClN4O4/c25-17-8-6-16(7-9-17)22-28-29-23(33-22)21(15-4-2-1-3-5-15)27-24(30)26-18-10-11-19-20(14-18)32-13-12-31-19/h1-11,14,21H,12-13H2,(H2,26,27,30)/t21-/m1/s1. The molecule has 0 saturated carbocycles. The smallest absolute Gasteiger partial charge is 0.320 e. The van der Waals surface area contributed by atoms with Crippen LogP contribution in [0.15, 0.2) is 77.2 Å². The molecular weight excluding hydrogens is 444 g/mol. The highest BCUT2D eigenvalue weighted by Crippen LogP contribution is 2.33. The topological polar surface area (TPSA) is 98.5 Å². The van der Waals surface area contributed by atoms with Gasteiger partial charge in [-0.15, -0.1) is 10.2 Å². The Kier molecular flexibility index (Phi) is 5.82. The van der Waals surface area contributed by atoms with E-state index in [1.165, 1.54) is 0 Å². The number of rotatable bonds is 5. The number of ether oxygens (including phenoxy) is 2. The van der Waals surface area contributed by atoms with Crippen LogP contribution in [-0.4, -0.2) is 29.4 Å². The van der Waals surface area contributed by atoms with Crippen LogP contribution in [0, 0.1) is 0 Å². The zero-order chi connectivity index (χ0) is 22.6. The van der Waals surface area contributed by atoms with Crippen LogP contribution in [0.1, 0.15) is 17.5 Å². The van der Waals surface area contributed by atoms with Crippen LogP contribution in [0.25, 0.3) is 11.5 Å². The van der Waals surface area contributed by atoms with Gasteiger partial charge in [0.25, 0.3) is 0 Å². The average Bonchev–Trinajstić information content (AvgIpc) is 3.33. The maximum Gasteiger partial charge on any atom is 0.320 e. The molecule has 33 heavy (non-hydrogen) atoms. The van der Waals surface area contributed by atoms with Crippen molar-refractivity contribution in [3.05, 3.63) is 89.3 Å². The molecule has 4 aromatic rings. The van der Waals surface area contributed by atoms with Crippen molar-refractivity contribution in [2.24, 2.45) is 0 Å². The second-order valence-electron chi connectivity index (χ2n) is 7.25. The number of fused-ring (bicyclic) bond motifs is 1. The van der Waals surface area contributed by atoms with Gasteiger partial charge in [-0.25, -0.2) is 4.79 Å². The second-order valence-corrected chi connectivity index (χ2v) is 7.69. The monoisotopic (exact) mass is 462 g/mol. The summed E-state index contributed by atoms with van der Waals surface area (Å²) in [5.74, 6) is 1.82. The van der Waals surface area contributed by atoms with Crippen LogP contribution in [-0.2, 0) is 0 Å². The van der Waals surface area contributed by atoms with E-state index in [2.05, 4.69) is 20.8 Å². The Bertz CT molecular complexity index is 1260. The van der Waals surface area contributed by atoms with Crippen molar-refractivity contribution in [2.75, 3.05) is 18.5 Å². The Balaban J connectivity index is 1.37. The molecule has 1 aliphatic rings. The van der Waals surface area contributed by atoms with Gasteiger partial charge in [0.15, 0.2) is 11.5 Å². The molecule has 2 amide bonds. The number of nitrogens with one attached hydrogen (secondary N) is 2. The van der Waals surface area contributed by atoms with E-state index in [4.69, 9.17) is 25.5 Å². The fourth-order valence-corrected chi connectivity index (χ4v) is 3.54. The first-order chi connectivity index (χ1) is 16.2. The zero-order valence-corrected chi connectivity index (χ0v) is 18.1. The van der Waals surface area contributed by atoms with Crippen molar-refractivity contribution < 1.29 is 18.7 Å². The molecule has 5 rings (SSSR count). The summed E-state index contributed by atoms with van der Waals surface area (Å²) in [5, 5.41) is 14.7. The number of amides is 2. The van der Waals surface area contributed by atoms with E-state index >= 15 is 0 Å². The summed E-state index contributed by atoms with van der Waals surface area (Å²) >= 11 is 5.96. The first-order valence-corrected chi connectivity index (χ1v) is 10.6. The van der Waals surface area contributed by atoms with Crippen molar-refractivity contribution in [3.63, 3.8) is 0 Å². The Morgan fingerprint density at radius 3 is 2.45 bits per heavy atom. The van der Waals surface area contributed by atoms with Crippen LogP contribution in [0.3, 0.4) is 0 Å². The fourth-order valence-electron chi connectivity index (χ4n) is 3.41. The summed E-state index contributed by atoms with van der Waals surface area (Å²) in [6, 6.07) is 20.6. The summed E-state index contributed by atoms with van der Waals surface area (Å²) in [4.78, 5) is 12.9. The lowest BCUT2D eigenvalue weighted by molar-refractivity contribution is 0.171. The van der Waals surface area contributed by atoms with Gasteiger partial charge < -0.3 is 24.5 Å². The Labute approximate surface area is 194 Å². The quantitative estimate of drug-likeness (QED) is 0.429. The number of halogens is 1. The predicted octanol–water partition coefficient (Wildman–Crippen LogP) is 5.07. The molecule has 166 valence electrons. The lowest BCUT2D eigenvalue weighted by Gasteiger charge is -2.20. The molecule has 1 atom stereocenters. The summed E-state index contributed by atoms with van der Waals surface area (Å²) in [6.45, 7) is 0.965. The van der Waals surface area contributed by atoms with Crippen molar-refractivity contribution in [1.82, 2.24) is 15.5 Å². The number of urea groups is 1. The molecule has 1 aromatic heterocycles. The van der Waals surface area contributed by atoms with Crippen LogP contribution < -0.4 is 20.1 Å². The third kappa shape index (κ3) is 4.75. The lowest BCUT2D eigenvalue weighted by atomic mass is 10.1. The molecule has 3 aromatic carbocycles. The summed E-state index contributed by atoms with van der Waals surface area (Å²) < 4.78 is 17.0. The zero-order valence-electron chi connectivity index (χ0n) is 17.3. The predicted molar refractivity (Wildman–Crippen MR) is 123 cm³/mol. The number of benzene rings is 3. The van der Waals surface area contributed by atoms with Gasteiger partial charge in [0.05, 0.1) is 0 Å². The number of hydrogen-bond donors (Lipinski definition) is 2. The van der Waals surface area contributed by atoms with E-state index in [0.29, 0.717) is 41.3 Å². The van der Waals surface area contributed by atoms with E-state index in [9.17, 15) is 4.79 Å². The molecule has 9 heteroatoms. The summed E-state index contributed by atoms with van der Waals surface area (Å²) in [5.41, 5.74) is 2.09. The highest BCUT2D eigenvalue weighted by molar-refractivity contribution is 6.30.